The zero-order valence-corrected chi connectivity index (χ0v) is 11.7. The van der Waals surface area contributed by atoms with Gasteiger partial charge in [-0.1, -0.05) is 22.7 Å². The highest BCUT2D eigenvalue weighted by Crippen LogP contribution is 2.27. The lowest BCUT2D eigenvalue weighted by atomic mass is 10.2. The van der Waals surface area contributed by atoms with Crippen molar-refractivity contribution >= 4 is 17.2 Å². The fraction of sp³-hybridized carbons (Fsp3) is 0.429. The molecule has 1 N–H and O–H groups in total. The van der Waals surface area contributed by atoms with Gasteiger partial charge in [-0.25, -0.2) is 0 Å². The van der Waals surface area contributed by atoms with E-state index in [4.69, 9.17) is 0 Å². The third kappa shape index (κ3) is 3.11. The Kier molecular flexibility index (Phi) is 4.05. The molecule has 0 unspecified atom stereocenters. The van der Waals surface area contributed by atoms with Crippen molar-refractivity contribution in [3.8, 4) is 0 Å². The summed E-state index contributed by atoms with van der Waals surface area (Å²) in [6, 6.07) is 8.73. The number of anilines is 1. The van der Waals surface area contributed by atoms with Crippen molar-refractivity contribution in [1.29, 1.82) is 0 Å². The van der Waals surface area contributed by atoms with E-state index in [-0.39, 0.29) is 0 Å². The lowest BCUT2D eigenvalue weighted by Crippen LogP contribution is -2.25. The van der Waals surface area contributed by atoms with Gasteiger partial charge in [0.25, 0.3) is 0 Å². The van der Waals surface area contributed by atoms with Crippen LogP contribution in [-0.2, 0) is 13.0 Å². The number of fused-ring (bicyclic) bond motifs is 1. The second-order valence-electron chi connectivity index (χ2n) is 4.79. The molecular formula is C14H18N4S. The smallest absolute Gasteiger partial charge is 0.0893 e. The minimum absolute atomic E-state index is 0.826. The molecule has 0 saturated heterocycles. The Morgan fingerprint density at radius 3 is 3.16 bits per heavy atom. The number of aromatic nitrogens is 2. The maximum atomic E-state index is 4.02. The average molecular weight is 274 g/mol. The van der Waals surface area contributed by atoms with Gasteiger partial charge in [-0.15, -0.1) is 5.10 Å². The van der Waals surface area contributed by atoms with E-state index < -0.39 is 0 Å². The van der Waals surface area contributed by atoms with Crippen LogP contribution in [0.1, 0.15) is 17.7 Å². The summed E-state index contributed by atoms with van der Waals surface area (Å²) in [5.41, 5.74) is 3.95. The fourth-order valence-corrected chi connectivity index (χ4v) is 2.96. The topological polar surface area (TPSA) is 41.0 Å². The fourth-order valence-electron chi connectivity index (χ4n) is 2.51. The second kappa shape index (κ2) is 6.12. The molecule has 0 radical (unpaired) electrons. The van der Waals surface area contributed by atoms with E-state index in [2.05, 4.69) is 44.1 Å². The highest BCUT2D eigenvalue weighted by atomic mass is 32.1. The number of benzene rings is 1. The van der Waals surface area contributed by atoms with Gasteiger partial charge >= 0.3 is 0 Å². The van der Waals surface area contributed by atoms with Gasteiger partial charge in [0, 0.05) is 30.7 Å². The van der Waals surface area contributed by atoms with Gasteiger partial charge in [-0.2, -0.15) is 0 Å². The molecule has 4 nitrogen and oxygen atoms in total. The van der Waals surface area contributed by atoms with Crippen molar-refractivity contribution in [1.82, 2.24) is 14.9 Å². The van der Waals surface area contributed by atoms with Gasteiger partial charge < -0.3 is 10.2 Å². The Labute approximate surface area is 117 Å². The number of nitrogens with one attached hydrogen (secondary N) is 1. The van der Waals surface area contributed by atoms with Crippen molar-refractivity contribution in [2.45, 2.75) is 19.4 Å². The summed E-state index contributed by atoms with van der Waals surface area (Å²) in [5, 5.41) is 9.42. The molecule has 2 aromatic rings. The average Bonchev–Trinajstić information content (AvgIpc) is 3.08. The number of nitrogens with zero attached hydrogens (tertiary/aromatic N) is 3. The van der Waals surface area contributed by atoms with Crippen LogP contribution in [0.3, 0.4) is 0 Å². The van der Waals surface area contributed by atoms with Gasteiger partial charge in [0.15, 0.2) is 0 Å². The van der Waals surface area contributed by atoms with Crippen LogP contribution >= 0.6 is 11.5 Å². The highest BCUT2D eigenvalue weighted by Gasteiger charge is 2.17. The minimum Gasteiger partial charge on any atom is -0.371 e. The Morgan fingerprint density at radius 2 is 2.26 bits per heavy atom. The van der Waals surface area contributed by atoms with Crippen LogP contribution in [0.15, 0.2) is 29.6 Å². The molecule has 19 heavy (non-hydrogen) atoms. The van der Waals surface area contributed by atoms with Crippen molar-refractivity contribution in [2.75, 3.05) is 24.5 Å². The maximum absolute atomic E-state index is 4.02. The zero-order chi connectivity index (χ0) is 12.9. The lowest BCUT2D eigenvalue weighted by molar-refractivity contribution is 0.630. The van der Waals surface area contributed by atoms with Crippen molar-refractivity contribution < 1.29 is 0 Å². The molecule has 0 fully saturated rings. The lowest BCUT2D eigenvalue weighted by Gasteiger charge is -2.19. The first-order chi connectivity index (χ1) is 9.43. The van der Waals surface area contributed by atoms with Crippen molar-refractivity contribution in [3.05, 3.63) is 40.9 Å². The summed E-state index contributed by atoms with van der Waals surface area (Å²) in [6.07, 6.45) is 2.35. The quantitative estimate of drug-likeness (QED) is 0.819. The molecule has 0 aliphatic carbocycles. The molecule has 1 aliphatic rings. The van der Waals surface area contributed by atoms with Gasteiger partial charge in [0.2, 0.25) is 0 Å². The molecule has 2 heterocycles. The third-order valence-corrected chi connectivity index (χ3v) is 4.03. The highest BCUT2D eigenvalue weighted by molar-refractivity contribution is 7.03. The standard InChI is InChI=1S/C14H18N4S/c1-2-5-14-12(4-1)6-9-18(14)8-3-7-15-10-13-11-19-17-16-13/h1-2,4-5,11,15H,3,6-10H2. The first-order valence-corrected chi connectivity index (χ1v) is 7.56. The Bertz CT molecular complexity index is 512. The van der Waals surface area contributed by atoms with E-state index in [1.807, 2.05) is 5.38 Å². The van der Waals surface area contributed by atoms with Crippen LogP contribution in [0.5, 0.6) is 0 Å². The normalized spacial score (nSPS) is 13.8. The van der Waals surface area contributed by atoms with Crippen LogP contribution in [0, 0.1) is 0 Å². The SMILES string of the molecule is c1ccc2c(c1)CCN2CCCNCc1csnn1. The molecule has 0 atom stereocenters. The molecule has 0 saturated carbocycles. The first-order valence-electron chi connectivity index (χ1n) is 6.73. The van der Waals surface area contributed by atoms with E-state index >= 15 is 0 Å². The molecule has 0 spiro atoms. The molecule has 0 amide bonds. The Balaban J connectivity index is 1.39. The molecule has 1 aromatic carbocycles. The van der Waals surface area contributed by atoms with Gasteiger partial charge in [0.05, 0.1) is 5.69 Å². The molecule has 0 bridgehead atoms. The summed E-state index contributed by atoms with van der Waals surface area (Å²) in [7, 11) is 0. The van der Waals surface area contributed by atoms with Gasteiger partial charge in [-0.3, -0.25) is 0 Å². The Hall–Kier alpha value is -1.46. The van der Waals surface area contributed by atoms with Crippen LogP contribution in [0.2, 0.25) is 0 Å². The predicted octanol–water partition coefficient (Wildman–Crippen LogP) is 2.08. The van der Waals surface area contributed by atoms with Crippen molar-refractivity contribution in [3.63, 3.8) is 0 Å². The van der Waals surface area contributed by atoms with Crippen LogP contribution in [-0.4, -0.2) is 29.2 Å². The van der Waals surface area contributed by atoms with Crippen LogP contribution < -0.4 is 10.2 Å². The molecule has 100 valence electrons. The molecular weight excluding hydrogens is 256 g/mol. The van der Waals surface area contributed by atoms with E-state index in [1.165, 1.54) is 29.2 Å². The maximum Gasteiger partial charge on any atom is 0.0893 e. The van der Waals surface area contributed by atoms with Crippen LogP contribution in [0.4, 0.5) is 5.69 Å². The summed E-state index contributed by atoms with van der Waals surface area (Å²) in [6.45, 7) is 4.14. The number of para-hydroxylation sites is 1. The minimum atomic E-state index is 0.826. The number of rotatable bonds is 6. The molecule has 1 aromatic heterocycles. The summed E-state index contributed by atoms with van der Waals surface area (Å²) in [4.78, 5) is 2.49. The molecule has 3 rings (SSSR count). The van der Waals surface area contributed by atoms with Gasteiger partial charge in [0.1, 0.15) is 0 Å². The monoisotopic (exact) mass is 274 g/mol. The zero-order valence-electron chi connectivity index (χ0n) is 10.9. The van der Waals surface area contributed by atoms with E-state index in [9.17, 15) is 0 Å². The number of hydrogen-bond acceptors (Lipinski definition) is 5. The largest absolute Gasteiger partial charge is 0.371 e. The number of hydrogen-bond donors (Lipinski definition) is 1. The molecule has 5 heteroatoms. The van der Waals surface area contributed by atoms with Gasteiger partial charge in [-0.05, 0) is 42.5 Å². The summed E-state index contributed by atoms with van der Waals surface area (Å²) >= 11 is 1.41. The van der Waals surface area contributed by atoms with E-state index in [0.29, 0.717) is 0 Å². The van der Waals surface area contributed by atoms with Crippen LogP contribution in [0.25, 0.3) is 0 Å². The summed E-state index contributed by atoms with van der Waals surface area (Å²) in [5.74, 6) is 0. The predicted molar refractivity (Wildman–Crippen MR) is 78.6 cm³/mol. The van der Waals surface area contributed by atoms with E-state index in [1.54, 1.807) is 0 Å². The molecule has 1 aliphatic heterocycles. The van der Waals surface area contributed by atoms with E-state index in [0.717, 1.165) is 38.3 Å². The second-order valence-corrected chi connectivity index (χ2v) is 5.40. The summed E-state index contributed by atoms with van der Waals surface area (Å²) < 4.78 is 3.85. The first kappa shape index (κ1) is 12.6. The third-order valence-electron chi connectivity index (χ3n) is 3.48. The van der Waals surface area contributed by atoms with Crippen molar-refractivity contribution in [2.24, 2.45) is 0 Å². The Morgan fingerprint density at radius 1 is 1.32 bits per heavy atom.